The number of rotatable bonds is 5. The van der Waals surface area contributed by atoms with Gasteiger partial charge in [0.1, 0.15) is 5.76 Å². The van der Waals surface area contributed by atoms with Gasteiger partial charge in [0, 0.05) is 22.6 Å². The molecule has 0 aliphatic carbocycles. The summed E-state index contributed by atoms with van der Waals surface area (Å²) in [5, 5.41) is 5.74. The largest absolute Gasteiger partial charge is 0.441 e. The molecule has 0 radical (unpaired) electrons. The number of thiazole rings is 1. The summed E-state index contributed by atoms with van der Waals surface area (Å²) < 4.78 is 5.64. The van der Waals surface area contributed by atoms with Crippen molar-refractivity contribution in [2.75, 3.05) is 5.32 Å². The average Bonchev–Trinajstić information content (AvgIpc) is 3.42. The highest BCUT2D eigenvalue weighted by atomic mass is 32.1. The van der Waals surface area contributed by atoms with E-state index in [4.69, 9.17) is 4.42 Å². The fourth-order valence-electron chi connectivity index (χ4n) is 2.80. The van der Waals surface area contributed by atoms with Gasteiger partial charge in [-0.05, 0) is 28.8 Å². The van der Waals surface area contributed by atoms with E-state index in [0.29, 0.717) is 17.4 Å². The van der Waals surface area contributed by atoms with Gasteiger partial charge in [0.05, 0.1) is 6.20 Å². The lowest BCUT2D eigenvalue weighted by Crippen LogP contribution is -2.09. The second-order valence-corrected chi connectivity index (χ2v) is 9.07. The zero-order valence-corrected chi connectivity index (χ0v) is 19.1. The van der Waals surface area contributed by atoms with Gasteiger partial charge in [-0.15, -0.1) is 0 Å². The van der Waals surface area contributed by atoms with E-state index in [2.05, 4.69) is 85.4 Å². The van der Waals surface area contributed by atoms with Crippen LogP contribution >= 0.6 is 11.3 Å². The third kappa shape index (κ3) is 6.36. The summed E-state index contributed by atoms with van der Waals surface area (Å²) in [6.07, 6.45) is 8.78. The number of carbonyl (C=O) groups is 1. The smallest absolute Gasteiger partial charge is 0.218 e. The van der Waals surface area contributed by atoms with Gasteiger partial charge < -0.3 is 9.73 Å². The number of nitrogens with zero attached hydrogens (tertiary/aromatic N) is 2. The highest BCUT2D eigenvalue weighted by Crippen LogP contribution is 2.24. The molecular weight excluding hydrogens is 406 g/mol. The van der Waals surface area contributed by atoms with Crippen molar-refractivity contribution in [2.45, 2.75) is 39.5 Å². The highest BCUT2D eigenvalue weighted by Gasteiger charge is 2.18. The summed E-state index contributed by atoms with van der Waals surface area (Å²) in [6, 6.07) is 15.1. The molecule has 4 rings (SSSR count). The van der Waals surface area contributed by atoms with E-state index in [-0.39, 0.29) is 5.41 Å². The van der Waals surface area contributed by atoms with Gasteiger partial charge in [-0.2, -0.15) is 0 Å². The van der Waals surface area contributed by atoms with Crippen LogP contribution in [-0.4, -0.2) is 16.4 Å². The standard InChI is InChI=1S/C13H15N3O2S.C12H12/c1-13(2,3)10-7-14-11(18-10)5-4-9-6-15-12(19-9)16-8-17;1-2-10-7-8-11-5-3-4-6-12(11)9-10/h4-8H,1-3H3,(H,15,16,17);3-9H,2H2,1H3/b5-4+;. The summed E-state index contributed by atoms with van der Waals surface area (Å²) in [4.78, 5) is 19.4. The van der Waals surface area contributed by atoms with Crippen LogP contribution in [-0.2, 0) is 16.6 Å². The summed E-state index contributed by atoms with van der Waals surface area (Å²) in [7, 11) is 0. The van der Waals surface area contributed by atoms with Gasteiger partial charge in [0.2, 0.25) is 12.3 Å². The first-order valence-corrected chi connectivity index (χ1v) is 11.0. The maximum absolute atomic E-state index is 10.3. The van der Waals surface area contributed by atoms with E-state index in [0.717, 1.165) is 17.1 Å². The molecule has 5 nitrogen and oxygen atoms in total. The molecule has 6 heteroatoms. The quantitative estimate of drug-likeness (QED) is 0.361. The second kappa shape index (κ2) is 10.2. The summed E-state index contributed by atoms with van der Waals surface area (Å²) in [5.41, 5.74) is 1.36. The Morgan fingerprint density at radius 1 is 1.03 bits per heavy atom. The van der Waals surface area contributed by atoms with Crippen molar-refractivity contribution in [1.82, 2.24) is 9.97 Å². The molecule has 1 N–H and O–H groups in total. The predicted molar refractivity (Wildman–Crippen MR) is 129 cm³/mol. The van der Waals surface area contributed by atoms with E-state index in [1.165, 1.54) is 27.7 Å². The number of anilines is 1. The molecule has 4 aromatic rings. The number of aryl methyl sites for hydroxylation is 1. The van der Waals surface area contributed by atoms with Crippen molar-refractivity contribution < 1.29 is 9.21 Å². The molecule has 0 fully saturated rings. The Kier molecular flexibility index (Phi) is 7.36. The fraction of sp³-hybridized carbons (Fsp3) is 0.240. The monoisotopic (exact) mass is 433 g/mol. The molecular formula is C25H27N3O2S. The minimum Gasteiger partial charge on any atom is -0.441 e. The number of nitrogens with one attached hydrogen (secondary N) is 1. The van der Waals surface area contributed by atoms with Crippen molar-refractivity contribution >= 4 is 45.8 Å². The number of aromatic nitrogens is 2. The van der Waals surface area contributed by atoms with Crippen LogP contribution in [0.4, 0.5) is 5.13 Å². The maximum Gasteiger partial charge on any atom is 0.218 e. The molecule has 0 bridgehead atoms. The number of fused-ring (bicyclic) bond motifs is 1. The molecule has 2 aromatic heterocycles. The van der Waals surface area contributed by atoms with Crippen LogP contribution in [0, 0.1) is 0 Å². The molecule has 2 aromatic carbocycles. The number of carbonyl (C=O) groups excluding carboxylic acids is 1. The Morgan fingerprint density at radius 3 is 2.48 bits per heavy atom. The Morgan fingerprint density at radius 2 is 1.81 bits per heavy atom. The third-order valence-corrected chi connectivity index (χ3v) is 5.47. The van der Waals surface area contributed by atoms with Crippen LogP contribution < -0.4 is 5.32 Å². The first-order chi connectivity index (χ1) is 14.9. The lowest BCUT2D eigenvalue weighted by molar-refractivity contribution is -0.105. The van der Waals surface area contributed by atoms with E-state index < -0.39 is 0 Å². The maximum atomic E-state index is 10.3. The van der Waals surface area contributed by atoms with Crippen LogP contribution in [0.15, 0.2) is 59.3 Å². The molecule has 31 heavy (non-hydrogen) atoms. The van der Waals surface area contributed by atoms with Gasteiger partial charge in [-0.3, -0.25) is 4.79 Å². The predicted octanol–water partition coefficient (Wildman–Crippen LogP) is 6.57. The van der Waals surface area contributed by atoms with E-state index >= 15 is 0 Å². The van der Waals surface area contributed by atoms with Crippen LogP contribution in [0.3, 0.4) is 0 Å². The summed E-state index contributed by atoms with van der Waals surface area (Å²) in [6.45, 7) is 8.40. The minimum absolute atomic E-state index is 0.0510. The molecule has 0 saturated heterocycles. The van der Waals surface area contributed by atoms with Crippen LogP contribution in [0.1, 0.15) is 49.8 Å². The normalized spacial score (nSPS) is 11.4. The molecule has 0 atom stereocenters. The average molecular weight is 434 g/mol. The zero-order valence-electron chi connectivity index (χ0n) is 18.3. The second-order valence-electron chi connectivity index (χ2n) is 8.01. The Hall–Kier alpha value is -3.25. The van der Waals surface area contributed by atoms with Gasteiger partial charge in [0.15, 0.2) is 5.13 Å². The number of amides is 1. The first-order valence-electron chi connectivity index (χ1n) is 10.2. The molecule has 2 heterocycles. The van der Waals surface area contributed by atoms with Crippen LogP contribution in [0.5, 0.6) is 0 Å². The van der Waals surface area contributed by atoms with Crippen molar-refractivity contribution in [2.24, 2.45) is 0 Å². The summed E-state index contributed by atoms with van der Waals surface area (Å²) >= 11 is 1.38. The number of hydrogen-bond acceptors (Lipinski definition) is 5. The fourth-order valence-corrected chi connectivity index (χ4v) is 3.48. The van der Waals surface area contributed by atoms with Gasteiger partial charge in [0.25, 0.3) is 0 Å². The lowest BCUT2D eigenvalue weighted by atomic mass is 9.94. The first kappa shape index (κ1) is 22.4. The number of hydrogen-bond donors (Lipinski definition) is 1. The highest BCUT2D eigenvalue weighted by molar-refractivity contribution is 7.16. The molecule has 160 valence electrons. The van der Waals surface area contributed by atoms with Crippen LogP contribution in [0.2, 0.25) is 0 Å². The lowest BCUT2D eigenvalue weighted by Gasteiger charge is -2.12. The Bertz CT molecular complexity index is 1170. The van der Waals surface area contributed by atoms with Crippen molar-refractivity contribution in [3.05, 3.63) is 76.9 Å². The van der Waals surface area contributed by atoms with Gasteiger partial charge >= 0.3 is 0 Å². The molecule has 0 spiro atoms. The summed E-state index contributed by atoms with van der Waals surface area (Å²) in [5.74, 6) is 1.41. The SMILES string of the molecule is CC(C)(C)c1cnc(/C=C/c2cnc(NC=O)s2)o1.CCc1ccc2ccccc2c1. The minimum atomic E-state index is -0.0510. The van der Waals surface area contributed by atoms with Gasteiger partial charge in [-0.25, -0.2) is 9.97 Å². The zero-order chi connectivity index (χ0) is 22.3. The Labute approximate surface area is 186 Å². The van der Waals surface area contributed by atoms with Crippen molar-refractivity contribution in [3.8, 4) is 0 Å². The third-order valence-electron chi connectivity index (χ3n) is 4.58. The van der Waals surface area contributed by atoms with E-state index in [1.807, 2.05) is 6.08 Å². The molecule has 1 amide bonds. The van der Waals surface area contributed by atoms with Gasteiger partial charge in [-0.1, -0.05) is 81.5 Å². The van der Waals surface area contributed by atoms with E-state index in [9.17, 15) is 4.79 Å². The van der Waals surface area contributed by atoms with Crippen molar-refractivity contribution in [3.63, 3.8) is 0 Å². The molecule has 0 saturated carbocycles. The molecule has 0 unspecified atom stereocenters. The van der Waals surface area contributed by atoms with Crippen molar-refractivity contribution in [1.29, 1.82) is 0 Å². The number of benzene rings is 2. The Balaban J connectivity index is 0.000000194. The molecule has 0 aliphatic rings. The van der Waals surface area contributed by atoms with Crippen LogP contribution in [0.25, 0.3) is 22.9 Å². The van der Waals surface area contributed by atoms with E-state index in [1.54, 1.807) is 18.5 Å². The topological polar surface area (TPSA) is 68.0 Å². The number of oxazole rings is 1. The molecule has 0 aliphatic heterocycles.